The molecule has 1 nitrogen and oxygen atoms in total. The number of nitrogens with one attached hydrogen (secondary N) is 1. The van der Waals surface area contributed by atoms with E-state index in [-0.39, 0.29) is 12.6 Å². The topological polar surface area (TPSA) is 12.0 Å². The summed E-state index contributed by atoms with van der Waals surface area (Å²) in [6.45, 7) is 2.15. The number of benzene rings is 2. The molecule has 0 bridgehead atoms. The van der Waals surface area contributed by atoms with Gasteiger partial charge in [-0.25, -0.2) is 13.2 Å². The normalized spacial score (nSPS) is 12.4. The third kappa shape index (κ3) is 3.52. The molecule has 0 aliphatic rings. The molecule has 0 heterocycles. The van der Waals surface area contributed by atoms with Crippen molar-refractivity contribution in [2.45, 2.75) is 19.5 Å². The van der Waals surface area contributed by atoms with Gasteiger partial charge >= 0.3 is 0 Å². The molecule has 0 aliphatic heterocycles. The lowest BCUT2D eigenvalue weighted by Crippen LogP contribution is -2.18. The second-order valence-electron chi connectivity index (χ2n) is 4.53. The summed E-state index contributed by atoms with van der Waals surface area (Å²) in [6, 6.07) is 9.22. The van der Waals surface area contributed by atoms with Crippen LogP contribution < -0.4 is 5.32 Å². The summed E-state index contributed by atoms with van der Waals surface area (Å²) < 4.78 is 39.0. The molecule has 1 N–H and O–H groups in total. The Morgan fingerprint density at radius 3 is 2.15 bits per heavy atom. The average molecular weight is 300 g/mol. The van der Waals surface area contributed by atoms with Gasteiger partial charge in [-0.05, 0) is 42.3 Å². The van der Waals surface area contributed by atoms with E-state index >= 15 is 0 Å². The van der Waals surface area contributed by atoms with Crippen LogP contribution in [0.15, 0.2) is 36.4 Å². The van der Waals surface area contributed by atoms with Crippen LogP contribution in [0.2, 0.25) is 5.02 Å². The fourth-order valence-electron chi connectivity index (χ4n) is 1.85. The first-order valence-electron chi connectivity index (χ1n) is 6.09. The van der Waals surface area contributed by atoms with E-state index < -0.39 is 17.5 Å². The molecule has 0 saturated heterocycles. The van der Waals surface area contributed by atoms with Gasteiger partial charge in [0.1, 0.15) is 0 Å². The molecule has 2 aromatic carbocycles. The van der Waals surface area contributed by atoms with E-state index in [4.69, 9.17) is 11.6 Å². The zero-order chi connectivity index (χ0) is 14.7. The molecule has 5 heteroatoms. The lowest BCUT2D eigenvalue weighted by molar-refractivity contribution is 0.443. The Kier molecular flexibility index (Phi) is 4.68. The van der Waals surface area contributed by atoms with Gasteiger partial charge in [0.2, 0.25) is 0 Å². The van der Waals surface area contributed by atoms with Gasteiger partial charge in [0.25, 0.3) is 0 Å². The minimum Gasteiger partial charge on any atom is -0.306 e. The van der Waals surface area contributed by atoms with Gasteiger partial charge in [-0.1, -0.05) is 23.7 Å². The van der Waals surface area contributed by atoms with E-state index in [0.29, 0.717) is 10.6 Å². The monoisotopic (exact) mass is 299 g/mol. The maximum absolute atomic E-state index is 13.1. The van der Waals surface area contributed by atoms with Gasteiger partial charge in [0, 0.05) is 17.6 Å². The molecule has 0 fully saturated rings. The Morgan fingerprint density at radius 2 is 1.60 bits per heavy atom. The molecule has 0 aliphatic carbocycles. The van der Waals surface area contributed by atoms with Crippen molar-refractivity contribution in [3.05, 3.63) is 70.0 Å². The summed E-state index contributed by atoms with van der Waals surface area (Å²) in [5.41, 5.74) is 1.35. The Morgan fingerprint density at radius 1 is 1.05 bits per heavy atom. The summed E-state index contributed by atoms with van der Waals surface area (Å²) in [5.74, 6) is -3.80. The standard InChI is InChI=1S/C15H13ClF3N/c1-9(11-2-4-12(16)5-3-11)20-8-10-6-13(17)15(19)14(18)7-10/h2-7,9,20H,8H2,1H3/t9-/m1/s1. The van der Waals surface area contributed by atoms with Gasteiger partial charge < -0.3 is 5.32 Å². The van der Waals surface area contributed by atoms with Crippen molar-refractivity contribution in [2.24, 2.45) is 0 Å². The van der Waals surface area contributed by atoms with E-state index in [1.54, 1.807) is 12.1 Å². The zero-order valence-corrected chi connectivity index (χ0v) is 11.5. The number of rotatable bonds is 4. The summed E-state index contributed by atoms with van der Waals surface area (Å²) in [5, 5.41) is 3.75. The zero-order valence-electron chi connectivity index (χ0n) is 10.8. The predicted molar refractivity (Wildman–Crippen MR) is 73.0 cm³/mol. The number of hydrogen-bond donors (Lipinski definition) is 1. The summed E-state index contributed by atoms with van der Waals surface area (Å²) >= 11 is 5.80. The third-order valence-corrected chi connectivity index (χ3v) is 3.28. The highest BCUT2D eigenvalue weighted by Crippen LogP contribution is 2.18. The SMILES string of the molecule is C[C@@H](NCc1cc(F)c(F)c(F)c1)c1ccc(Cl)cc1. The molecular weight excluding hydrogens is 287 g/mol. The first-order valence-corrected chi connectivity index (χ1v) is 6.47. The van der Waals surface area contributed by atoms with Crippen LogP contribution in [0, 0.1) is 17.5 Å². The molecule has 2 aromatic rings. The fourth-order valence-corrected chi connectivity index (χ4v) is 1.98. The molecule has 0 unspecified atom stereocenters. The minimum atomic E-state index is -1.44. The number of hydrogen-bond acceptors (Lipinski definition) is 1. The summed E-state index contributed by atoms with van der Waals surface area (Å²) in [7, 11) is 0. The highest BCUT2D eigenvalue weighted by atomic mass is 35.5. The lowest BCUT2D eigenvalue weighted by Gasteiger charge is -2.14. The molecule has 0 saturated carbocycles. The Labute approximate surface area is 120 Å². The van der Waals surface area contributed by atoms with Crippen LogP contribution in [0.5, 0.6) is 0 Å². The smallest absolute Gasteiger partial charge is 0.194 e. The van der Waals surface area contributed by atoms with Crippen molar-refractivity contribution in [1.82, 2.24) is 5.32 Å². The van der Waals surface area contributed by atoms with Gasteiger partial charge in [0.15, 0.2) is 17.5 Å². The van der Waals surface area contributed by atoms with Gasteiger partial charge in [-0.15, -0.1) is 0 Å². The van der Waals surface area contributed by atoms with Gasteiger partial charge in [-0.2, -0.15) is 0 Å². The highest BCUT2D eigenvalue weighted by molar-refractivity contribution is 6.30. The van der Waals surface area contributed by atoms with Crippen LogP contribution in [0.25, 0.3) is 0 Å². The molecular formula is C15H13ClF3N. The van der Waals surface area contributed by atoms with Crippen LogP contribution in [-0.4, -0.2) is 0 Å². The Bertz CT molecular complexity index is 576. The lowest BCUT2D eigenvalue weighted by atomic mass is 10.1. The van der Waals surface area contributed by atoms with E-state index in [9.17, 15) is 13.2 Å². The van der Waals surface area contributed by atoms with Crippen LogP contribution in [0.4, 0.5) is 13.2 Å². The van der Waals surface area contributed by atoms with Crippen molar-refractivity contribution < 1.29 is 13.2 Å². The average Bonchev–Trinajstić information content (AvgIpc) is 2.42. The van der Waals surface area contributed by atoms with E-state index in [2.05, 4.69) is 5.32 Å². The molecule has 1 atom stereocenters. The summed E-state index contributed by atoms with van der Waals surface area (Å²) in [4.78, 5) is 0. The van der Waals surface area contributed by atoms with Gasteiger partial charge in [-0.3, -0.25) is 0 Å². The maximum Gasteiger partial charge on any atom is 0.194 e. The predicted octanol–water partition coefficient (Wildman–Crippen LogP) is 4.61. The molecule has 20 heavy (non-hydrogen) atoms. The Hall–Kier alpha value is -1.52. The quantitative estimate of drug-likeness (QED) is 0.813. The highest BCUT2D eigenvalue weighted by Gasteiger charge is 2.11. The van der Waals surface area contributed by atoms with Gasteiger partial charge in [0.05, 0.1) is 0 Å². The number of halogens is 4. The van der Waals surface area contributed by atoms with Crippen molar-refractivity contribution in [3.8, 4) is 0 Å². The van der Waals surface area contributed by atoms with E-state index in [1.807, 2.05) is 19.1 Å². The van der Waals surface area contributed by atoms with Crippen LogP contribution in [0.3, 0.4) is 0 Å². The fraction of sp³-hybridized carbons (Fsp3) is 0.200. The largest absolute Gasteiger partial charge is 0.306 e. The second kappa shape index (κ2) is 6.29. The summed E-state index contributed by atoms with van der Waals surface area (Å²) in [6.07, 6.45) is 0. The first kappa shape index (κ1) is 14.9. The van der Waals surface area contributed by atoms with Crippen molar-refractivity contribution >= 4 is 11.6 Å². The van der Waals surface area contributed by atoms with E-state index in [0.717, 1.165) is 17.7 Å². The van der Waals surface area contributed by atoms with Crippen LogP contribution in [0.1, 0.15) is 24.1 Å². The minimum absolute atomic E-state index is 0.0246. The van der Waals surface area contributed by atoms with Crippen molar-refractivity contribution in [1.29, 1.82) is 0 Å². The van der Waals surface area contributed by atoms with Crippen LogP contribution >= 0.6 is 11.6 Å². The second-order valence-corrected chi connectivity index (χ2v) is 4.96. The van der Waals surface area contributed by atoms with Crippen molar-refractivity contribution in [3.63, 3.8) is 0 Å². The maximum atomic E-state index is 13.1. The molecule has 0 aromatic heterocycles. The van der Waals surface area contributed by atoms with Crippen LogP contribution in [-0.2, 0) is 6.54 Å². The third-order valence-electron chi connectivity index (χ3n) is 3.03. The first-order chi connectivity index (χ1) is 9.47. The molecule has 106 valence electrons. The molecule has 0 radical (unpaired) electrons. The molecule has 0 amide bonds. The Balaban J connectivity index is 2.03. The van der Waals surface area contributed by atoms with Crippen molar-refractivity contribution in [2.75, 3.05) is 0 Å². The molecule has 0 spiro atoms. The molecule has 2 rings (SSSR count). The van der Waals surface area contributed by atoms with E-state index in [1.165, 1.54) is 0 Å².